The van der Waals surface area contributed by atoms with Gasteiger partial charge in [0.15, 0.2) is 5.78 Å². The maximum atomic E-state index is 13.6. The van der Waals surface area contributed by atoms with Gasteiger partial charge in [-0.3, -0.25) is 9.59 Å². The molecule has 156 valence electrons. The zero-order chi connectivity index (χ0) is 21.4. The van der Waals surface area contributed by atoms with Crippen LogP contribution in [0.5, 0.6) is 5.75 Å². The highest BCUT2D eigenvalue weighted by Gasteiger charge is 2.44. The zero-order valence-electron chi connectivity index (χ0n) is 17.0. The lowest BCUT2D eigenvalue weighted by Gasteiger charge is -2.32. The number of Topliss-reactive ketones (excluding diaryl/α,β-unsaturated/α-hetero) is 1. The fraction of sp³-hybridized carbons (Fsp3) is 0.304. The van der Waals surface area contributed by atoms with Crippen molar-refractivity contribution in [3.8, 4) is 5.75 Å². The van der Waals surface area contributed by atoms with E-state index in [1.54, 1.807) is 19.2 Å². The smallest absolute Gasteiger partial charge is 0.316 e. The number of carbonyl (C=O) groups is 2. The lowest BCUT2D eigenvalue weighted by Crippen LogP contribution is -2.39. The molecule has 0 aromatic heterocycles. The second kappa shape index (κ2) is 8.03. The number of benzene rings is 2. The Morgan fingerprint density at radius 2 is 1.87 bits per heavy atom. The highest BCUT2D eigenvalue weighted by Crippen LogP contribution is 2.44. The SMILES string of the molecule is COC(=O)[C@H]1C(=O)C2=C(C[C@@H]1C)Nc1ccccc1N[C@@H]2c1ccc(OC)c(Cl)c1. The molecule has 4 rings (SSSR count). The Morgan fingerprint density at radius 3 is 2.53 bits per heavy atom. The molecule has 30 heavy (non-hydrogen) atoms. The molecule has 0 amide bonds. The molecule has 1 aliphatic carbocycles. The number of ketones is 1. The summed E-state index contributed by atoms with van der Waals surface area (Å²) >= 11 is 6.38. The van der Waals surface area contributed by atoms with Gasteiger partial charge in [-0.2, -0.15) is 0 Å². The molecular weight excluding hydrogens is 404 g/mol. The number of halogens is 1. The first-order chi connectivity index (χ1) is 14.4. The van der Waals surface area contributed by atoms with Gasteiger partial charge in [-0.1, -0.05) is 36.7 Å². The molecule has 2 aromatic rings. The Bertz CT molecular complexity index is 1050. The summed E-state index contributed by atoms with van der Waals surface area (Å²) in [5.74, 6) is -1.21. The minimum Gasteiger partial charge on any atom is -0.495 e. The number of allylic oxidation sites excluding steroid dienone is 1. The molecule has 1 aliphatic heterocycles. The van der Waals surface area contributed by atoms with Crippen molar-refractivity contribution < 1.29 is 19.1 Å². The largest absolute Gasteiger partial charge is 0.495 e. The first kappa shape index (κ1) is 20.3. The molecule has 2 aliphatic rings. The second-order valence-electron chi connectivity index (χ2n) is 7.58. The third-order valence-corrected chi connectivity index (χ3v) is 6.03. The number of nitrogens with one attached hydrogen (secondary N) is 2. The van der Waals surface area contributed by atoms with Gasteiger partial charge < -0.3 is 20.1 Å². The highest BCUT2D eigenvalue weighted by atomic mass is 35.5. The van der Waals surface area contributed by atoms with E-state index in [1.807, 2.05) is 37.3 Å². The molecule has 0 bridgehead atoms. The number of rotatable bonds is 3. The van der Waals surface area contributed by atoms with Gasteiger partial charge in [-0.05, 0) is 42.2 Å². The average molecular weight is 427 g/mol. The van der Waals surface area contributed by atoms with Crippen LogP contribution in [0.2, 0.25) is 5.02 Å². The first-order valence-electron chi connectivity index (χ1n) is 9.75. The molecule has 7 heteroatoms. The summed E-state index contributed by atoms with van der Waals surface area (Å²) < 4.78 is 10.2. The Balaban J connectivity index is 1.87. The Hall–Kier alpha value is -2.99. The van der Waals surface area contributed by atoms with Crippen molar-refractivity contribution in [2.75, 3.05) is 24.9 Å². The van der Waals surface area contributed by atoms with Gasteiger partial charge in [0, 0.05) is 11.3 Å². The summed E-state index contributed by atoms with van der Waals surface area (Å²) in [5, 5.41) is 7.34. The molecular formula is C23H23ClN2O4. The van der Waals surface area contributed by atoms with Crippen molar-refractivity contribution in [3.05, 3.63) is 64.3 Å². The van der Waals surface area contributed by atoms with Crippen molar-refractivity contribution in [1.29, 1.82) is 0 Å². The Morgan fingerprint density at radius 1 is 1.13 bits per heavy atom. The van der Waals surface area contributed by atoms with Crippen molar-refractivity contribution in [3.63, 3.8) is 0 Å². The second-order valence-corrected chi connectivity index (χ2v) is 7.99. The normalized spacial score (nSPS) is 22.8. The molecule has 1 heterocycles. The average Bonchev–Trinajstić information content (AvgIpc) is 2.90. The molecule has 6 nitrogen and oxygen atoms in total. The number of hydrogen-bond acceptors (Lipinski definition) is 6. The molecule has 0 saturated carbocycles. The molecule has 0 spiro atoms. The number of methoxy groups -OCH3 is 2. The van der Waals surface area contributed by atoms with E-state index in [9.17, 15) is 9.59 Å². The number of fused-ring (bicyclic) bond motifs is 1. The summed E-state index contributed by atoms with van der Waals surface area (Å²) in [6.45, 7) is 1.90. The number of ether oxygens (including phenoxy) is 2. The number of hydrogen-bond donors (Lipinski definition) is 2. The van der Waals surface area contributed by atoms with Crippen molar-refractivity contribution in [1.82, 2.24) is 0 Å². The maximum Gasteiger partial charge on any atom is 0.316 e. The van der Waals surface area contributed by atoms with Crippen molar-refractivity contribution in [2.45, 2.75) is 19.4 Å². The minimum atomic E-state index is -0.838. The van der Waals surface area contributed by atoms with Gasteiger partial charge in [-0.25, -0.2) is 0 Å². The van der Waals surface area contributed by atoms with Crippen LogP contribution < -0.4 is 15.4 Å². The van der Waals surface area contributed by atoms with Crippen LogP contribution in [-0.4, -0.2) is 26.0 Å². The summed E-state index contributed by atoms with van der Waals surface area (Å²) in [5.41, 5.74) is 3.88. The van der Waals surface area contributed by atoms with E-state index in [-0.39, 0.29) is 11.7 Å². The van der Waals surface area contributed by atoms with Crippen LogP contribution in [0.15, 0.2) is 53.7 Å². The third kappa shape index (κ3) is 3.41. The summed E-state index contributed by atoms with van der Waals surface area (Å²) in [6.07, 6.45) is 0.553. The van der Waals surface area contributed by atoms with Crippen LogP contribution in [0.1, 0.15) is 24.9 Å². The first-order valence-corrected chi connectivity index (χ1v) is 10.1. The third-order valence-electron chi connectivity index (χ3n) is 5.73. The predicted molar refractivity (Wildman–Crippen MR) is 116 cm³/mol. The minimum absolute atomic E-state index is 0.179. The number of anilines is 2. The maximum absolute atomic E-state index is 13.6. The fourth-order valence-corrected chi connectivity index (χ4v) is 4.51. The van der Waals surface area contributed by atoms with E-state index in [0.717, 1.165) is 22.6 Å². The van der Waals surface area contributed by atoms with Gasteiger partial charge in [0.1, 0.15) is 11.7 Å². The van der Waals surface area contributed by atoms with E-state index >= 15 is 0 Å². The van der Waals surface area contributed by atoms with Crippen molar-refractivity contribution in [2.24, 2.45) is 11.8 Å². The quantitative estimate of drug-likeness (QED) is 0.552. The lowest BCUT2D eigenvalue weighted by atomic mass is 9.75. The van der Waals surface area contributed by atoms with Crippen LogP contribution in [-0.2, 0) is 14.3 Å². The molecule has 0 radical (unpaired) electrons. The van der Waals surface area contributed by atoms with Gasteiger partial charge in [-0.15, -0.1) is 0 Å². The van der Waals surface area contributed by atoms with E-state index in [4.69, 9.17) is 21.1 Å². The monoisotopic (exact) mass is 426 g/mol. The van der Waals surface area contributed by atoms with Crippen LogP contribution in [0.3, 0.4) is 0 Å². The molecule has 3 atom stereocenters. The molecule has 0 fully saturated rings. The van der Waals surface area contributed by atoms with Crippen LogP contribution >= 0.6 is 11.6 Å². The molecule has 0 saturated heterocycles. The molecule has 0 unspecified atom stereocenters. The number of para-hydroxylation sites is 2. The predicted octanol–water partition coefficient (Wildman–Crippen LogP) is 4.58. The highest BCUT2D eigenvalue weighted by molar-refractivity contribution is 6.32. The summed E-state index contributed by atoms with van der Waals surface area (Å²) in [6, 6.07) is 12.7. The van der Waals surface area contributed by atoms with Crippen LogP contribution in [0, 0.1) is 11.8 Å². The van der Waals surface area contributed by atoms with E-state index < -0.39 is 17.9 Å². The van der Waals surface area contributed by atoms with Crippen LogP contribution in [0.25, 0.3) is 0 Å². The number of carbonyl (C=O) groups excluding carboxylic acids is 2. The van der Waals surface area contributed by atoms with Gasteiger partial charge in [0.05, 0.1) is 36.7 Å². The van der Waals surface area contributed by atoms with Crippen molar-refractivity contribution >= 4 is 34.7 Å². The number of esters is 1. The van der Waals surface area contributed by atoms with Gasteiger partial charge in [0.25, 0.3) is 0 Å². The van der Waals surface area contributed by atoms with Crippen LogP contribution in [0.4, 0.5) is 11.4 Å². The van der Waals surface area contributed by atoms with E-state index in [0.29, 0.717) is 22.8 Å². The zero-order valence-corrected chi connectivity index (χ0v) is 17.7. The van der Waals surface area contributed by atoms with Gasteiger partial charge >= 0.3 is 5.97 Å². The Labute approximate surface area is 180 Å². The fourth-order valence-electron chi connectivity index (χ4n) is 4.25. The van der Waals surface area contributed by atoms with E-state index in [2.05, 4.69) is 10.6 Å². The van der Waals surface area contributed by atoms with Gasteiger partial charge in [0.2, 0.25) is 0 Å². The molecule has 2 aromatic carbocycles. The summed E-state index contributed by atoms with van der Waals surface area (Å²) in [7, 11) is 2.87. The standard InChI is InChI=1S/C23H23ClN2O4/c1-12-10-17-20(22(27)19(12)23(28)30-3)21(13-8-9-18(29-2)14(24)11-13)26-16-7-5-4-6-15(16)25-17/h4-9,11-12,19,21,25-26H,10H2,1-3H3/t12-,19+,21+/m0/s1. The van der Waals surface area contributed by atoms with E-state index in [1.165, 1.54) is 7.11 Å². The Kier molecular flexibility index (Phi) is 5.43. The lowest BCUT2D eigenvalue weighted by molar-refractivity contribution is -0.151. The summed E-state index contributed by atoms with van der Waals surface area (Å²) in [4.78, 5) is 26.0. The molecule has 2 N–H and O–H groups in total. The topological polar surface area (TPSA) is 76.7 Å².